The van der Waals surface area contributed by atoms with E-state index in [2.05, 4.69) is 5.32 Å². The fraction of sp³-hybridized carbons (Fsp3) is 0.278. The molecular formula is C36H37Cl2N3O4S. The predicted molar refractivity (Wildman–Crippen MR) is 183 cm³/mol. The van der Waals surface area contributed by atoms with Crippen LogP contribution >= 0.6 is 23.2 Å². The van der Waals surface area contributed by atoms with E-state index in [1.165, 1.54) is 29.2 Å². The molecule has 0 aliphatic heterocycles. The Morgan fingerprint density at radius 1 is 0.761 bits per heavy atom. The molecule has 4 aromatic carbocycles. The first-order chi connectivity index (χ1) is 22.2. The Kier molecular flexibility index (Phi) is 11.4. The molecule has 0 unspecified atom stereocenters. The minimum atomic E-state index is -4.20. The van der Waals surface area contributed by atoms with Crippen LogP contribution in [0.5, 0.6) is 0 Å². The largest absolute Gasteiger partial charge is 0.352 e. The van der Waals surface area contributed by atoms with Crippen LogP contribution in [0.1, 0.15) is 43.2 Å². The highest BCUT2D eigenvalue weighted by Gasteiger charge is 2.35. The molecule has 0 spiro atoms. The van der Waals surface area contributed by atoms with Gasteiger partial charge in [-0.05, 0) is 72.5 Å². The van der Waals surface area contributed by atoms with E-state index in [0.717, 1.165) is 47.5 Å². The number of halogens is 2. The summed E-state index contributed by atoms with van der Waals surface area (Å²) in [5.41, 5.74) is 1.92. The van der Waals surface area contributed by atoms with E-state index in [-0.39, 0.29) is 29.8 Å². The summed E-state index contributed by atoms with van der Waals surface area (Å²) < 4.78 is 29.2. The van der Waals surface area contributed by atoms with Gasteiger partial charge < -0.3 is 10.2 Å². The SMILES string of the molecule is O=C(NC1CCCCC1)[C@@H](Cc1ccccc1)N(Cc1cccc(Cl)c1)C(=O)CN(c1ccccc1)S(=O)(=O)c1ccc(Cl)cc1. The number of sulfonamides is 1. The minimum absolute atomic E-state index is 0.00850. The second-order valence-corrected chi connectivity index (χ2v) is 14.2. The lowest BCUT2D eigenvalue weighted by molar-refractivity contribution is -0.140. The summed E-state index contributed by atoms with van der Waals surface area (Å²) in [4.78, 5) is 30.2. The molecule has 7 nitrogen and oxygen atoms in total. The maximum absolute atomic E-state index is 14.6. The van der Waals surface area contributed by atoms with Crippen LogP contribution in [-0.4, -0.2) is 43.8 Å². The molecule has 5 rings (SSSR count). The first-order valence-electron chi connectivity index (χ1n) is 15.4. The van der Waals surface area contributed by atoms with E-state index < -0.39 is 28.5 Å². The topological polar surface area (TPSA) is 86.8 Å². The van der Waals surface area contributed by atoms with E-state index in [4.69, 9.17) is 23.2 Å². The number of nitrogens with zero attached hydrogens (tertiary/aromatic N) is 2. The smallest absolute Gasteiger partial charge is 0.264 e. The molecule has 1 N–H and O–H groups in total. The molecule has 240 valence electrons. The van der Waals surface area contributed by atoms with Crippen LogP contribution in [0.3, 0.4) is 0 Å². The fourth-order valence-corrected chi connectivity index (χ4v) is 7.54. The van der Waals surface area contributed by atoms with Crippen LogP contribution in [-0.2, 0) is 32.6 Å². The fourth-order valence-electron chi connectivity index (χ4n) is 5.79. The van der Waals surface area contributed by atoms with Crippen LogP contribution < -0.4 is 9.62 Å². The quantitative estimate of drug-likeness (QED) is 0.171. The van der Waals surface area contributed by atoms with Crippen molar-refractivity contribution in [1.29, 1.82) is 0 Å². The van der Waals surface area contributed by atoms with Gasteiger partial charge in [0.1, 0.15) is 12.6 Å². The number of benzene rings is 4. The third-order valence-electron chi connectivity index (χ3n) is 8.19. The molecule has 0 heterocycles. The Balaban J connectivity index is 1.55. The molecule has 1 aliphatic rings. The summed E-state index contributed by atoms with van der Waals surface area (Å²) in [6, 6.07) is 30.0. The van der Waals surface area contributed by atoms with E-state index in [1.54, 1.807) is 48.5 Å². The van der Waals surface area contributed by atoms with Crippen LogP contribution in [0.15, 0.2) is 114 Å². The van der Waals surface area contributed by atoms with Crippen molar-refractivity contribution in [3.05, 3.63) is 130 Å². The van der Waals surface area contributed by atoms with Crippen molar-refractivity contribution in [3.63, 3.8) is 0 Å². The number of hydrogen-bond acceptors (Lipinski definition) is 4. The van der Waals surface area contributed by atoms with Crippen LogP contribution in [0, 0.1) is 0 Å². The Morgan fingerprint density at radius 2 is 1.39 bits per heavy atom. The zero-order valence-corrected chi connectivity index (χ0v) is 27.7. The lowest BCUT2D eigenvalue weighted by Gasteiger charge is -2.35. The average molecular weight is 679 g/mol. The van der Waals surface area contributed by atoms with Gasteiger partial charge >= 0.3 is 0 Å². The second kappa shape index (κ2) is 15.6. The molecule has 10 heteroatoms. The molecule has 0 radical (unpaired) electrons. The molecule has 1 fully saturated rings. The normalized spacial score (nSPS) is 14.3. The van der Waals surface area contributed by atoms with Gasteiger partial charge in [0, 0.05) is 29.1 Å². The average Bonchev–Trinajstić information content (AvgIpc) is 3.06. The van der Waals surface area contributed by atoms with Crippen molar-refractivity contribution >= 4 is 50.7 Å². The van der Waals surface area contributed by atoms with Gasteiger partial charge in [0.05, 0.1) is 10.6 Å². The summed E-state index contributed by atoms with van der Waals surface area (Å²) in [6.07, 6.45) is 5.22. The number of para-hydroxylation sites is 1. The van der Waals surface area contributed by atoms with Gasteiger partial charge in [0.15, 0.2) is 0 Å². The van der Waals surface area contributed by atoms with E-state index in [1.807, 2.05) is 36.4 Å². The lowest BCUT2D eigenvalue weighted by atomic mass is 9.94. The summed E-state index contributed by atoms with van der Waals surface area (Å²) in [7, 11) is -4.20. The Hall–Kier alpha value is -3.85. The van der Waals surface area contributed by atoms with Crippen LogP contribution in [0.4, 0.5) is 5.69 Å². The molecule has 0 aromatic heterocycles. The molecule has 0 bridgehead atoms. The van der Waals surface area contributed by atoms with Gasteiger partial charge in [0.25, 0.3) is 10.0 Å². The maximum atomic E-state index is 14.6. The highest BCUT2D eigenvalue weighted by Crippen LogP contribution is 2.26. The molecular weight excluding hydrogens is 641 g/mol. The van der Waals surface area contributed by atoms with Gasteiger partial charge in [0.2, 0.25) is 11.8 Å². The summed E-state index contributed by atoms with van der Waals surface area (Å²) in [5.74, 6) is -0.793. The Morgan fingerprint density at radius 3 is 2.04 bits per heavy atom. The molecule has 2 amide bonds. The number of carbonyl (C=O) groups is 2. The lowest BCUT2D eigenvalue weighted by Crippen LogP contribution is -2.55. The number of hydrogen-bond donors (Lipinski definition) is 1. The number of anilines is 1. The van der Waals surface area contributed by atoms with Crippen molar-refractivity contribution in [2.24, 2.45) is 0 Å². The van der Waals surface area contributed by atoms with E-state index >= 15 is 0 Å². The monoisotopic (exact) mass is 677 g/mol. The molecule has 0 saturated heterocycles. The maximum Gasteiger partial charge on any atom is 0.264 e. The molecule has 46 heavy (non-hydrogen) atoms. The Labute approximate surface area is 281 Å². The van der Waals surface area contributed by atoms with Gasteiger partial charge in [-0.15, -0.1) is 0 Å². The molecule has 1 saturated carbocycles. The second-order valence-electron chi connectivity index (χ2n) is 11.5. The standard InChI is InChI=1S/C36H37Cl2N3O4S/c37-29-19-21-33(22-20-29)46(44,45)41(32-17-8-3-9-18-32)26-35(42)40(25-28-13-10-14-30(38)23-28)34(24-27-11-4-1-5-12-27)36(43)39-31-15-6-2-7-16-31/h1,3-5,8-14,17-23,31,34H,2,6-7,15-16,24-26H2,(H,39,43)/t34-/m1/s1. The molecule has 1 aliphatic carbocycles. The van der Waals surface area contributed by atoms with Crippen molar-refractivity contribution < 1.29 is 18.0 Å². The molecule has 4 aromatic rings. The minimum Gasteiger partial charge on any atom is -0.352 e. The van der Waals surface area contributed by atoms with Gasteiger partial charge in [-0.3, -0.25) is 13.9 Å². The first kappa shape index (κ1) is 33.5. The molecule has 1 atom stereocenters. The third kappa shape index (κ3) is 8.69. The van der Waals surface area contributed by atoms with Gasteiger partial charge in [-0.25, -0.2) is 8.42 Å². The number of carbonyl (C=O) groups excluding carboxylic acids is 2. The third-order valence-corrected chi connectivity index (χ3v) is 10.5. The zero-order chi connectivity index (χ0) is 32.5. The van der Waals surface area contributed by atoms with E-state index in [9.17, 15) is 18.0 Å². The van der Waals surface area contributed by atoms with Crippen molar-refractivity contribution in [3.8, 4) is 0 Å². The summed E-state index contributed by atoms with van der Waals surface area (Å²) >= 11 is 12.4. The van der Waals surface area contributed by atoms with Gasteiger partial charge in [-0.2, -0.15) is 0 Å². The van der Waals surface area contributed by atoms with Gasteiger partial charge in [-0.1, -0.05) is 103 Å². The summed E-state index contributed by atoms with van der Waals surface area (Å²) in [6.45, 7) is -0.476. The highest BCUT2D eigenvalue weighted by atomic mass is 35.5. The number of amides is 2. The number of nitrogens with one attached hydrogen (secondary N) is 1. The van der Waals surface area contributed by atoms with Crippen LogP contribution in [0.2, 0.25) is 10.0 Å². The zero-order valence-electron chi connectivity index (χ0n) is 25.4. The Bertz CT molecular complexity index is 1720. The van der Waals surface area contributed by atoms with Crippen molar-refractivity contribution in [2.45, 2.75) is 62.0 Å². The van der Waals surface area contributed by atoms with Crippen molar-refractivity contribution in [1.82, 2.24) is 10.2 Å². The van der Waals surface area contributed by atoms with Crippen LogP contribution in [0.25, 0.3) is 0 Å². The highest BCUT2D eigenvalue weighted by molar-refractivity contribution is 7.92. The predicted octanol–water partition coefficient (Wildman–Crippen LogP) is 7.28. The first-order valence-corrected chi connectivity index (χ1v) is 17.6. The summed E-state index contributed by atoms with van der Waals surface area (Å²) in [5, 5.41) is 4.10. The van der Waals surface area contributed by atoms with Crippen molar-refractivity contribution in [2.75, 3.05) is 10.8 Å². The van der Waals surface area contributed by atoms with E-state index in [0.29, 0.717) is 15.7 Å². The number of rotatable bonds is 12.